The van der Waals surface area contributed by atoms with Crippen LogP contribution in [-0.2, 0) is 0 Å². The lowest BCUT2D eigenvalue weighted by molar-refractivity contribution is 0.415. The Morgan fingerprint density at radius 3 is 2.14 bits per heavy atom. The average molecular weight is 324 g/mol. The van der Waals surface area contributed by atoms with Crippen LogP contribution in [0.1, 0.15) is 0 Å². The zero-order valence-corrected chi connectivity index (χ0v) is 13.2. The van der Waals surface area contributed by atoms with Crippen LogP contribution in [0.2, 0.25) is 0 Å². The summed E-state index contributed by atoms with van der Waals surface area (Å²) in [5.41, 5.74) is 6.07. The molecule has 0 aliphatic rings. The second kappa shape index (κ2) is 9.61. The highest BCUT2D eigenvalue weighted by molar-refractivity contribution is 7.80. The molecule has 1 rings (SSSR count). The van der Waals surface area contributed by atoms with E-state index in [2.05, 4.69) is 31.7 Å². The maximum Gasteiger partial charge on any atom is 0.191 e. The van der Waals surface area contributed by atoms with E-state index in [0.29, 0.717) is 10.2 Å². The number of ether oxygens (including phenoxy) is 1. The number of rotatable bonds is 5. The molecule has 4 N–H and O–H groups in total. The molecule has 0 aliphatic carbocycles. The van der Waals surface area contributed by atoms with Gasteiger partial charge in [-0.1, -0.05) is 0 Å². The Morgan fingerprint density at radius 2 is 1.62 bits per heavy atom. The number of nitrogens with one attached hydrogen (secondary N) is 4. The van der Waals surface area contributed by atoms with Gasteiger partial charge in [0.25, 0.3) is 0 Å². The Kier molecular flexibility index (Phi) is 7.69. The number of methoxy groups -OCH3 is 1. The van der Waals surface area contributed by atoms with Crippen LogP contribution in [0.25, 0.3) is 0 Å². The number of nitrogens with zero attached hydrogens (tertiary/aromatic N) is 2. The first-order chi connectivity index (χ1) is 10.2. The molecule has 0 fully saturated rings. The Morgan fingerprint density at radius 1 is 1.05 bits per heavy atom. The highest BCUT2D eigenvalue weighted by atomic mass is 32.1. The maximum atomic E-state index is 5.08. The molecule has 1 aromatic carbocycles. The standard InChI is InChI=1S/C12H16N6OS2/c1-13-11(20)17-14-7-8-15-18-12(21)16-9-3-5-10(19-2)6-4-9/h3-8H,1-2H3,(H2,13,17,20)(H2,16,18,21). The fraction of sp³-hybridized carbons (Fsp3) is 0.167. The molecule has 0 aromatic heterocycles. The number of benzene rings is 1. The third-order valence-corrected chi connectivity index (χ3v) is 2.61. The van der Waals surface area contributed by atoms with Crippen molar-refractivity contribution in [2.75, 3.05) is 19.5 Å². The average Bonchev–Trinajstić information content (AvgIpc) is 2.51. The van der Waals surface area contributed by atoms with Gasteiger partial charge in [0.2, 0.25) is 0 Å². The van der Waals surface area contributed by atoms with E-state index in [1.54, 1.807) is 14.2 Å². The fourth-order valence-electron chi connectivity index (χ4n) is 1.15. The fourth-order valence-corrected chi connectivity index (χ4v) is 1.37. The zero-order valence-electron chi connectivity index (χ0n) is 11.6. The van der Waals surface area contributed by atoms with Gasteiger partial charge in [0.15, 0.2) is 10.2 Å². The molecule has 0 aliphatic heterocycles. The highest BCUT2D eigenvalue weighted by Crippen LogP contribution is 2.14. The van der Waals surface area contributed by atoms with Crippen LogP contribution in [0.5, 0.6) is 5.75 Å². The van der Waals surface area contributed by atoms with Crippen molar-refractivity contribution < 1.29 is 4.74 Å². The summed E-state index contributed by atoms with van der Waals surface area (Å²) in [6, 6.07) is 7.36. The molecule has 0 bridgehead atoms. The summed E-state index contributed by atoms with van der Waals surface area (Å²) in [5.74, 6) is 0.778. The summed E-state index contributed by atoms with van der Waals surface area (Å²) >= 11 is 9.91. The molecule has 9 heteroatoms. The molecule has 7 nitrogen and oxygen atoms in total. The number of hydrogen-bond donors (Lipinski definition) is 4. The SMILES string of the molecule is CNC(=S)NN=CC=NNC(=S)Nc1ccc(OC)cc1. The second-order valence-electron chi connectivity index (χ2n) is 3.54. The van der Waals surface area contributed by atoms with Gasteiger partial charge in [-0.25, -0.2) is 0 Å². The summed E-state index contributed by atoms with van der Waals surface area (Å²) < 4.78 is 5.07. The monoisotopic (exact) mass is 324 g/mol. The van der Waals surface area contributed by atoms with E-state index in [0.717, 1.165) is 11.4 Å². The predicted octanol–water partition coefficient (Wildman–Crippen LogP) is 1.05. The summed E-state index contributed by atoms with van der Waals surface area (Å²) in [6.07, 6.45) is 2.87. The van der Waals surface area contributed by atoms with E-state index in [1.807, 2.05) is 24.3 Å². The van der Waals surface area contributed by atoms with Gasteiger partial charge in [0.1, 0.15) is 5.75 Å². The largest absolute Gasteiger partial charge is 0.497 e. The van der Waals surface area contributed by atoms with Gasteiger partial charge in [0.05, 0.1) is 19.5 Å². The van der Waals surface area contributed by atoms with Crippen molar-refractivity contribution >= 4 is 52.8 Å². The smallest absolute Gasteiger partial charge is 0.191 e. The second-order valence-corrected chi connectivity index (χ2v) is 4.36. The van der Waals surface area contributed by atoms with E-state index < -0.39 is 0 Å². The first kappa shape index (κ1) is 16.8. The van der Waals surface area contributed by atoms with Crippen LogP contribution in [0, 0.1) is 0 Å². The molecule has 0 amide bonds. The first-order valence-corrected chi connectivity index (χ1v) is 6.71. The topological polar surface area (TPSA) is 82.1 Å². The van der Waals surface area contributed by atoms with E-state index in [9.17, 15) is 0 Å². The molecule has 112 valence electrons. The Bertz CT molecular complexity index is 529. The summed E-state index contributed by atoms with van der Waals surface area (Å²) in [4.78, 5) is 0. The van der Waals surface area contributed by atoms with Crippen LogP contribution in [-0.4, -0.2) is 36.8 Å². The first-order valence-electron chi connectivity index (χ1n) is 5.89. The van der Waals surface area contributed by atoms with Crippen molar-refractivity contribution in [2.24, 2.45) is 10.2 Å². The lowest BCUT2D eigenvalue weighted by atomic mass is 10.3. The van der Waals surface area contributed by atoms with Crippen LogP contribution in [0.3, 0.4) is 0 Å². The van der Waals surface area contributed by atoms with Gasteiger partial charge in [0, 0.05) is 12.7 Å². The lowest BCUT2D eigenvalue weighted by Gasteiger charge is -2.07. The van der Waals surface area contributed by atoms with Crippen molar-refractivity contribution in [2.45, 2.75) is 0 Å². The Balaban J connectivity index is 2.31. The molecule has 0 atom stereocenters. The van der Waals surface area contributed by atoms with Gasteiger partial charge < -0.3 is 15.4 Å². The molecular formula is C12H16N6OS2. The zero-order chi connectivity index (χ0) is 15.5. The minimum atomic E-state index is 0.364. The molecule has 0 heterocycles. The third kappa shape index (κ3) is 7.18. The minimum Gasteiger partial charge on any atom is -0.497 e. The van der Waals surface area contributed by atoms with Gasteiger partial charge >= 0.3 is 0 Å². The van der Waals surface area contributed by atoms with Crippen LogP contribution >= 0.6 is 24.4 Å². The van der Waals surface area contributed by atoms with Crippen molar-refractivity contribution in [1.82, 2.24) is 16.2 Å². The number of thiocarbonyl (C=S) groups is 2. The van der Waals surface area contributed by atoms with Crippen LogP contribution in [0.4, 0.5) is 5.69 Å². The van der Waals surface area contributed by atoms with E-state index >= 15 is 0 Å². The van der Waals surface area contributed by atoms with Crippen LogP contribution < -0.4 is 26.2 Å². The van der Waals surface area contributed by atoms with Crippen molar-refractivity contribution in [1.29, 1.82) is 0 Å². The number of hydrogen-bond acceptors (Lipinski definition) is 5. The van der Waals surface area contributed by atoms with Crippen molar-refractivity contribution in [3.8, 4) is 5.75 Å². The quantitative estimate of drug-likeness (QED) is 0.366. The molecule has 21 heavy (non-hydrogen) atoms. The summed E-state index contributed by atoms with van der Waals surface area (Å²) in [5, 5.41) is 14.1. The Hall–Kier alpha value is -2.26. The highest BCUT2D eigenvalue weighted by Gasteiger charge is 1.96. The molecule has 1 aromatic rings. The molecule has 0 saturated carbocycles. The van der Waals surface area contributed by atoms with Gasteiger partial charge in [-0.3, -0.25) is 10.9 Å². The van der Waals surface area contributed by atoms with Crippen molar-refractivity contribution in [3.63, 3.8) is 0 Å². The molecule has 0 radical (unpaired) electrons. The Labute approximate surface area is 133 Å². The maximum absolute atomic E-state index is 5.08. The van der Waals surface area contributed by atoms with E-state index in [-0.39, 0.29) is 0 Å². The molecular weight excluding hydrogens is 308 g/mol. The van der Waals surface area contributed by atoms with E-state index in [1.165, 1.54) is 12.4 Å². The molecule has 0 unspecified atom stereocenters. The van der Waals surface area contributed by atoms with Gasteiger partial charge in [-0.05, 0) is 48.7 Å². The van der Waals surface area contributed by atoms with Gasteiger partial charge in [-0.2, -0.15) is 10.2 Å². The minimum absolute atomic E-state index is 0.364. The predicted molar refractivity (Wildman–Crippen MR) is 94.1 cm³/mol. The van der Waals surface area contributed by atoms with Gasteiger partial charge in [-0.15, -0.1) is 0 Å². The summed E-state index contributed by atoms with van der Waals surface area (Å²) in [6.45, 7) is 0. The number of hydrazone groups is 2. The van der Waals surface area contributed by atoms with E-state index in [4.69, 9.17) is 29.2 Å². The molecule has 0 saturated heterocycles. The van der Waals surface area contributed by atoms with Crippen molar-refractivity contribution in [3.05, 3.63) is 24.3 Å². The van der Waals surface area contributed by atoms with Crippen LogP contribution in [0.15, 0.2) is 34.5 Å². The summed E-state index contributed by atoms with van der Waals surface area (Å²) in [7, 11) is 3.31. The number of anilines is 1. The molecule has 0 spiro atoms. The lowest BCUT2D eigenvalue weighted by Crippen LogP contribution is -2.28. The third-order valence-electron chi connectivity index (χ3n) is 2.12. The normalized spacial score (nSPS) is 10.4.